The molecule has 0 aromatic carbocycles. The van der Waals surface area contributed by atoms with Gasteiger partial charge in [0, 0.05) is 24.6 Å². The Hall–Kier alpha value is 0.380. The minimum absolute atomic E-state index is 0.451. The number of hydrogen-bond acceptors (Lipinski definition) is 4. The maximum absolute atomic E-state index is 12.9. The first-order valence-electron chi connectivity index (χ1n) is 10.4. The molecule has 0 heterocycles. The minimum Gasteiger partial charge on any atom is -0.328 e. The summed E-state index contributed by atoms with van der Waals surface area (Å²) in [6.07, 6.45) is 11.4. The lowest BCUT2D eigenvalue weighted by atomic mass is 10.4. The monoisotopic (exact) mass is 396 g/mol. The number of unbranched alkanes of at least 4 members (excludes halogenated alkanes) is 4. The molecule has 6 heteroatoms. The largest absolute Gasteiger partial charge is 0.328 e. The quantitative estimate of drug-likeness (QED) is 0.182. The molecule has 0 N–H and O–H groups in total. The second-order valence-electron chi connectivity index (χ2n) is 6.96. The third-order valence-corrected chi connectivity index (χ3v) is 9.65. The summed E-state index contributed by atoms with van der Waals surface area (Å²) in [5.74, 6) is 0. The molecular weight excluding hydrogens is 354 g/mol. The molecule has 4 nitrogen and oxygen atoms in total. The van der Waals surface area contributed by atoms with Crippen LogP contribution in [-0.4, -0.2) is 37.9 Å². The van der Waals surface area contributed by atoms with E-state index in [1.807, 2.05) is 0 Å². The fraction of sp³-hybridized carbons (Fsp3) is 1.00. The Morgan fingerprint density at radius 3 is 1.04 bits per heavy atom. The Kier molecular flexibility index (Phi) is 15.7. The minimum atomic E-state index is -2.49. The summed E-state index contributed by atoms with van der Waals surface area (Å²) in [6.45, 7) is 9.35. The lowest BCUT2D eigenvalue weighted by Gasteiger charge is -2.20. The number of rotatable bonds is 18. The van der Waals surface area contributed by atoms with Gasteiger partial charge in [0.25, 0.3) is 0 Å². The van der Waals surface area contributed by atoms with E-state index in [9.17, 15) is 9.13 Å². The van der Waals surface area contributed by atoms with Gasteiger partial charge in [0.15, 0.2) is 0 Å². The molecule has 152 valence electrons. The lowest BCUT2D eigenvalue weighted by Crippen LogP contribution is -2.06. The molecule has 0 fully saturated rings. The Bertz CT molecular complexity index is 339. The van der Waals surface area contributed by atoms with Crippen LogP contribution in [0.1, 0.15) is 85.5 Å². The van der Waals surface area contributed by atoms with Crippen molar-refractivity contribution >= 4 is 14.7 Å². The van der Waals surface area contributed by atoms with Crippen molar-refractivity contribution in [3.63, 3.8) is 0 Å². The highest BCUT2D eigenvalue weighted by atomic mass is 31.2. The molecule has 0 saturated carbocycles. The van der Waals surface area contributed by atoms with Gasteiger partial charge in [-0.1, -0.05) is 53.4 Å². The molecule has 0 aliphatic carbocycles. The Labute approximate surface area is 156 Å². The second kappa shape index (κ2) is 15.4. The zero-order valence-electron chi connectivity index (χ0n) is 17.1. The van der Waals surface area contributed by atoms with Crippen molar-refractivity contribution in [2.75, 3.05) is 37.9 Å². The van der Waals surface area contributed by atoms with Crippen molar-refractivity contribution in [1.29, 1.82) is 0 Å². The molecule has 0 aliphatic heterocycles. The first-order valence-corrected chi connectivity index (χ1v) is 14.4. The summed E-state index contributed by atoms with van der Waals surface area (Å²) in [7, 11) is -4.99. The SMILES string of the molecule is CCCCP(=O)(CCCC)OCCCOP(=O)(CCCC)CCCC. The third-order valence-electron chi connectivity index (χ3n) is 4.35. The fourth-order valence-corrected chi connectivity index (χ4v) is 7.68. The average molecular weight is 396 g/mol. The molecule has 0 aromatic heterocycles. The zero-order valence-corrected chi connectivity index (χ0v) is 18.9. The molecule has 25 heavy (non-hydrogen) atoms. The average Bonchev–Trinajstić information content (AvgIpc) is 2.61. The summed E-state index contributed by atoms with van der Waals surface area (Å²) in [5, 5.41) is 0. The van der Waals surface area contributed by atoms with Crippen LogP contribution in [0.5, 0.6) is 0 Å². The molecule has 0 rings (SSSR count). The van der Waals surface area contributed by atoms with Crippen LogP contribution in [0.3, 0.4) is 0 Å². The molecule has 0 amide bonds. The normalized spacial score (nSPS) is 12.6. The van der Waals surface area contributed by atoms with Crippen molar-refractivity contribution in [2.45, 2.75) is 85.5 Å². The van der Waals surface area contributed by atoms with Gasteiger partial charge in [0.1, 0.15) is 0 Å². The van der Waals surface area contributed by atoms with Crippen LogP contribution in [-0.2, 0) is 18.2 Å². The first kappa shape index (κ1) is 25.4. The highest BCUT2D eigenvalue weighted by Gasteiger charge is 2.23. The molecule has 0 radical (unpaired) electrons. The Balaban J connectivity index is 4.26. The van der Waals surface area contributed by atoms with Crippen LogP contribution >= 0.6 is 14.7 Å². The molecule has 0 saturated heterocycles. The van der Waals surface area contributed by atoms with Crippen molar-refractivity contribution in [3.8, 4) is 0 Å². The van der Waals surface area contributed by atoms with E-state index in [0.29, 0.717) is 44.3 Å². The standard InChI is InChI=1S/C19H42O4P2/c1-5-9-16-24(20,17-10-6-2)22-14-13-15-23-25(21,18-11-7-3)19-12-8-4/h5-19H2,1-4H3. The summed E-state index contributed by atoms with van der Waals surface area (Å²) >= 11 is 0. The highest BCUT2D eigenvalue weighted by molar-refractivity contribution is 7.59. The van der Waals surface area contributed by atoms with E-state index >= 15 is 0 Å². The first-order chi connectivity index (χ1) is 11.9. The highest BCUT2D eigenvalue weighted by Crippen LogP contribution is 2.50. The fourth-order valence-electron chi connectivity index (χ4n) is 2.60. The van der Waals surface area contributed by atoms with Crippen LogP contribution in [0.25, 0.3) is 0 Å². The van der Waals surface area contributed by atoms with E-state index in [4.69, 9.17) is 9.05 Å². The van der Waals surface area contributed by atoms with Crippen LogP contribution in [0, 0.1) is 0 Å². The van der Waals surface area contributed by atoms with E-state index in [-0.39, 0.29) is 0 Å². The van der Waals surface area contributed by atoms with E-state index in [1.165, 1.54) is 0 Å². The number of hydrogen-bond donors (Lipinski definition) is 0. The smallest absolute Gasteiger partial charge is 0.203 e. The van der Waals surface area contributed by atoms with Crippen molar-refractivity contribution in [2.24, 2.45) is 0 Å². The van der Waals surface area contributed by atoms with Crippen LogP contribution in [0.2, 0.25) is 0 Å². The van der Waals surface area contributed by atoms with Gasteiger partial charge >= 0.3 is 0 Å². The molecule has 0 aromatic rings. The molecule has 0 bridgehead atoms. The third kappa shape index (κ3) is 13.2. The van der Waals surface area contributed by atoms with Gasteiger partial charge in [-0.25, -0.2) is 0 Å². The van der Waals surface area contributed by atoms with Gasteiger partial charge in [-0.3, -0.25) is 9.13 Å². The molecule has 0 atom stereocenters. The molecule has 0 aliphatic rings. The van der Waals surface area contributed by atoms with Crippen molar-refractivity contribution < 1.29 is 18.2 Å². The van der Waals surface area contributed by atoms with Crippen LogP contribution in [0.4, 0.5) is 0 Å². The van der Waals surface area contributed by atoms with Gasteiger partial charge in [-0.2, -0.15) is 0 Å². The molecular formula is C19H42O4P2. The Morgan fingerprint density at radius 1 is 0.520 bits per heavy atom. The maximum atomic E-state index is 12.9. The summed E-state index contributed by atoms with van der Waals surface area (Å²) < 4.78 is 37.3. The van der Waals surface area contributed by atoms with Gasteiger partial charge in [0.05, 0.1) is 13.2 Å². The van der Waals surface area contributed by atoms with Gasteiger partial charge < -0.3 is 9.05 Å². The predicted octanol–water partition coefficient (Wildman–Crippen LogP) is 7.17. The van der Waals surface area contributed by atoms with Gasteiger partial charge in [-0.05, 0) is 32.1 Å². The topological polar surface area (TPSA) is 52.6 Å². The van der Waals surface area contributed by atoms with Gasteiger partial charge in [0.2, 0.25) is 14.7 Å². The Morgan fingerprint density at radius 2 is 0.800 bits per heavy atom. The second-order valence-corrected chi connectivity index (χ2v) is 12.5. The maximum Gasteiger partial charge on any atom is 0.203 e. The summed E-state index contributed by atoms with van der Waals surface area (Å²) in [6, 6.07) is 0. The molecule has 0 unspecified atom stereocenters. The summed E-state index contributed by atoms with van der Waals surface area (Å²) in [5.41, 5.74) is 0. The van der Waals surface area contributed by atoms with Crippen LogP contribution < -0.4 is 0 Å². The van der Waals surface area contributed by atoms with E-state index in [1.54, 1.807) is 0 Å². The van der Waals surface area contributed by atoms with Gasteiger partial charge in [-0.15, -0.1) is 0 Å². The summed E-state index contributed by atoms with van der Waals surface area (Å²) in [4.78, 5) is 0. The predicted molar refractivity (Wildman–Crippen MR) is 111 cm³/mol. The zero-order chi connectivity index (χ0) is 19.0. The van der Waals surface area contributed by atoms with Crippen molar-refractivity contribution in [1.82, 2.24) is 0 Å². The lowest BCUT2D eigenvalue weighted by molar-refractivity contribution is 0.247. The van der Waals surface area contributed by atoms with E-state index in [0.717, 1.165) is 51.4 Å². The molecule has 0 spiro atoms. The van der Waals surface area contributed by atoms with E-state index < -0.39 is 14.7 Å². The van der Waals surface area contributed by atoms with Crippen molar-refractivity contribution in [3.05, 3.63) is 0 Å². The van der Waals surface area contributed by atoms with E-state index in [2.05, 4.69) is 27.7 Å². The van der Waals surface area contributed by atoms with Crippen LogP contribution in [0.15, 0.2) is 0 Å².